The molecule has 0 aromatic heterocycles. The number of aliphatic imine (C=N–C) groups is 1. The molecule has 5 nitrogen and oxygen atoms in total. The number of hydrogen-bond acceptors (Lipinski definition) is 3. The zero-order chi connectivity index (χ0) is 15.8. The Kier molecular flexibility index (Phi) is 6.80. The summed E-state index contributed by atoms with van der Waals surface area (Å²) in [5.74, 6) is 1.06. The highest BCUT2D eigenvalue weighted by molar-refractivity contribution is 6.32. The third-order valence-corrected chi connectivity index (χ3v) is 4.12. The minimum atomic E-state index is 0.413. The Hall–Kier alpha value is -1.46. The van der Waals surface area contributed by atoms with Crippen molar-refractivity contribution in [3.05, 3.63) is 23.2 Å². The molecule has 0 radical (unpaired) electrons. The van der Waals surface area contributed by atoms with Crippen LogP contribution in [0.3, 0.4) is 0 Å². The topological polar surface area (TPSA) is 62.9 Å². The first-order valence-corrected chi connectivity index (χ1v) is 8.19. The van der Waals surface area contributed by atoms with Gasteiger partial charge in [-0.1, -0.05) is 24.4 Å². The molecule has 0 atom stereocenters. The number of nitrogens with one attached hydrogen (secondary N) is 1. The Balaban J connectivity index is 1.80. The van der Waals surface area contributed by atoms with Gasteiger partial charge in [0.1, 0.15) is 5.75 Å². The lowest BCUT2D eigenvalue weighted by Crippen LogP contribution is -2.29. The SMILES string of the molecule is COc1ccc(NC(N)=NCCN2CCCCCC2)cc1Cl. The van der Waals surface area contributed by atoms with Crippen LogP contribution < -0.4 is 15.8 Å². The lowest BCUT2D eigenvalue weighted by Gasteiger charge is -2.18. The zero-order valence-corrected chi connectivity index (χ0v) is 13.9. The molecule has 1 aromatic carbocycles. The van der Waals surface area contributed by atoms with Gasteiger partial charge in [0.15, 0.2) is 5.96 Å². The lowest BCUT2D eigenvalue weighted by atomic mass is 10.2. The summed E-state index contributed by atoms with van der Waals surface area (Å²) < 4.78 is 5.12. The molecule has 1 fully saturated rings. The third-order valence-electron chi connectivity index (χ3n) is 3.82. The number of nitrogens with zero attached hydrogens (tertiary/aromatic N) is 2. The van der Waals surface area contributed by atoms with Crippen LogP contribution >= 0.6 is 11.6 Å². The molecule has 6 heteroatoms. The van der Waals surface area contributed by atoms with E-state index >= 15 is 0 Å². The maximum Gasteiger partial charge on any atom is 0.193 e. The molecule has 1 aliphatic rings. The maximum absolute atomic E-state index is 6.08. The molecule has 0 spiro atoms. The fourth-order valence-electron chi connectivity index (χ4n) is 2.60. The van der Waals surface area contributed by atoms with E-state index in [0.717, 1.165) is 12.2 Å². The van der Waals surface area contributed by atoms with Crippen LogP contribution in [0.25, 0.3) is 0 Å². The molecule has 22 heavy (non-hydrogen) atoms. The van der Waals surface area contributed by atoms with Crippen LogP contribution in [-0.4, -0.2) is 44.1 Å². The predicted octanol–water partition coefficient (Wildman–Crippen LogP) is 2.95. The number of benzene rings is 1. The van der Waals surface area contributed by atoms with Crippen molar-refractivity contribution in [3.63, 3.8) is 0 Å². The molecule has 1 aliphatic heterocycles. The Morgan fingerprint density at radius 3 is 2.68 bits per heavy atom. The summed E-state index contributed by atoms with van der Waals surface area (Å²) in [7, 11) is 1.59. The molecular weight excluding hydrogens is 300 g/mol. The Morgan fingerprint density at radius 2 is 2.05 bits per heavy atom. The number of anilines is 1. The number of likely N-dealkylation sites (tertiary alicyclic amines) is 1. The van der Waals surface area contributed by atoms with Gasteiger partial charge in [-0.2, -0.15) is 0 Å². The predicted molar refractivity (Wildman–Crippen MR) is 93.0 cm³/mol. The average molecular weight is 325 g/mol. The summed E-state index contributed by atoms with van der Waals surface area (Å²) in [6, 6.07) is 5.44. The first-order chi connectivity index (χ1) is 10.7. The molecule has 1 heterocycles. The second-order valence-electron chi connectivity index (χ2n) is 5.50. The van der Waals surface area contributed by atoms with Crippen LogP contribution in [-0.2, 0) is 0 Å². The molecular formula is C16H25ClN4O. The van der Waals surface area contributed by atoms with Crippen molar-refractivity contribution in [2.24, 2.45) is 10.7 Å². The maximum atomic E-state index is 6.08. The normalized spacial score (nSPS) is 17.1. The summed E-state index contributed by atoms with van der Waals surface area (Å²) in [6.07, 6.45) is 5.28. The van der Waals surface area contributed by atoms with Gasteiger partial charge in [-0.15, -0.1) is 0 Å². The molecule has 0 bridgehead atoms. The van der Waals surface area contributed by atoms with Crippen molar-refractivity contribution in [2.45, 2.75) is 25.7 Å². The lowest BCUT2D eigenvalue weighted by molar-refractivity contribution is 0.293. The molecule has 0 amide bonds. The molecule has 0 aliphatic carbocycles. The van der Waals surface area contributed by atoms with Gasteiger partial charge in [-0.3, -0.25) is 4.99 Å². The summed E-state index contributed by atoms with van der Waals surface area (Å²) in [5.41, 5.74) is 6.73. The van der Waals surface area contributed by atoms with Gasteiger partial charge in [-0.25, -0.2) is 0 Å². The minimum absolute atomic E-state index is 0.413. The van der Waals surface area contributed by atoms with E-state index in [1.807, 2.05) is 6.07 Å². The number of rotatable bonds is 5. The summed E-state index contributed by atoms with van der Waals surface area (Å²) in [6.45, 7) is 4.03. The van der Waals surface area contributed by atoms with Crippen LogP contribution in [0.15, 0.2) is 23.2 Å². The van der Waals surface area contributed by atoms with Gasteiger partial charge in [0.25, 0.3) is 0 Å². The average Bonchev–Trinajstić information content (AvgIpc) is 2.76. The molecule has 1 aromatic rings. The van der Waals surface area contributed by atoms with E-state index in [1.165, 1.54) is 38.8 Å². The Labute approximate surface area is 137 Å². The largest absolute Gasteiger partial charge is 0.495 e. The smallest absolute Gasteiger partial charge is 0.193 e. The van der Waals surface area contributed by atoms with Crippen molar-refractivity contribution >= 4 is 23.2 Å². The molecule has 0 unspecified atom stereocenters. The van der Waals surface area contributed by atoms with Crippen molar-refractivity contribution < 1.29 is 4.74 Å². The first-order valence-electron chi connectivity index (χ1n) is 7.82. The van der Waals surface area contributed by atoms with Crippen LogP contribution in [0.2, 0.25) is 5.02 Å². The highest BCUT2D eigenvalue weighted by Gasteiger charge is 2.08. The summed E-state index contributed by atoms with van der Waals surface area (Å²) in [4.78, 5) is 6.85. The van der Waals surface area contributed by atoms with E-state index in [0.29, 0.717) is 23.3 Å². The molecule has 122 valence electrons. The number of hydrogen-bond donors (Lipinski definition) is 2. The third kappa shape index (κ3) is 5.39. The number of halogens is 1. The Morgan fingerprint density at radius 1 is 1.32 bits per heavy atom. The number of ether oxygens (including phenoxy) is 1. The Bertz CT molecular complexity index is 499. The van der Waals surface area contributed by atoms with Crippen LogP contribution in [0.5, 0.6) is 5.75 Å². The van der Waals surface area contributed by atoms with Gasteiger partial charge in [-0.05, 0) is 44.1 Å². The van der Waals surface area contributed by atoms with Crippen molar-refractivity contribution in [2.75, 3.05) is 38.6 Å². The van der Waals surface area contributed by atoms with Crippen molar-refractivity contribution in [3.8, 4) is 5.75 Å². The summed E-state index contributed by atoms with van der Waals surface area (Å²) >= 11 is 6.08. The highest BCUT2D eigenvalue weighted by atomic mass is 35.5. The van der Waals surface area contributed by atoms with Gasteiger partial charge in [0.2, 0.25) is 0 Å². The van der Waals surface area contributed by atoms with E-state index in [4.69, 9.17) is 22.1 Å². The fraction of sp³-hybridized carbons (Fsp3) is 0.562. The van der Waals surface area contributed by atoms with Crippen LogP contribution in [0.1, 0.15) is 25.7 Å². The molecule has 1 saturated heterocycles. The second kappa shape index (κ2) is 8.86. The number of methoxy groups -OCH3 is 1. The van der Waals surface area contributed by atoms with Crippen LogP contribution in [0, 0.1) is 0 Å². The zero-order valence-electron chi connectivity index (χ0n) is 13.1. The number of guanidine groups is 1. The van der Waals surface area contributed by atoms with Crippen molar-refractivity contribution in [1.82, 2.24) is 4.90 Å². The van der Waals surface area contributed by atoms with E-state index in [2.05, 4.69) is 15.2 Å². The molecule has 3 N–H and O–H groups in total. The first kappa shape index (κ1) is 16.9. The van der Waals surface area contributed by atoms with Gasteiger partial charge >= 0.3 is 0 Å². The van der Waals surface area contributed by atoms with E-state index in [1.54, 1.807) is 19.2 Å². The van der Waals surface area contributed by atoms with Gasteiger partial charge in [0, 0.05) is 12.2 Å². The fourth-order valence-corrected chi connectivity index (χ4v) is 2.86. The second-order valence-corrected chi connectivity index (χ2v) is 5.90. The quantitative estimate of drug-likeness (QED) is 0.645. The van der Waals surface area contributed by atoms with Crippen molar-refractivity contribution in [1.29, 1.82) is 0 Å². The van der Waals surface area contributed by atoms with E-state index in [9.17, 15) is 0 Å². The standard InChI is InChI=1S/C16H25ClN4O/c1-22-15-7-6-13(12-14(15)17)20-16(18)19-8-11-21-9-4-2-3-5-10-21/h6-7,12H,2-5,8-11H2,1H3,(H3,18,19,20). The van der Waals surface area contributed by atoms with Gasteiger partial charge in [0.05, 0.1) is 18.7 Å². The number of nitrogens with two attached hydrogens (primary N) is 1. The monoisotopic (exact) mass is 324 g/mol. The molecule has 2 rings (SSSR count). The molecule has 0 saturated carbocycles. The van der Waals surface area contributed by atoms with Crippen LogP contribution in [0.4, 0.5) is 5.69 Å². The minimum Gasteiger partial charge on any atom is -0.495 e. The van der Waals surface area contributed by atoms with E-state index in [-0.39, 0.29) is 0 Å². The summed E-state index contributed by atoms with van der Waals surface area (Å²) in [5, 5.41) is 3.60. The highest BCUT2D eigenvalue weighted by Crippen LogP contribution is 2.26. The van der Waals surface area contributed by atoms with E-state index < -0.39 is 0 Å². The van der Waals surface area contributed by atoms with Gasteiger partial charge < -0.3 is 20.7 Å².